The number of nitrogens with one attached hydrogen (secondary N) is 3. The first-order valence-corrected chi connectivity index (χ1v) is 12.8. The molecular formula is C22H27F3N6O3S. The van der Waals surface area contributed by atoms with E-state index >= 15 is 0 Å². The molecule has 1 aromatic heterocycles. The van der Waals surface area contributed by atoms with Crippen molar-refractivity contribution in [3.63, 3.8) is 0 Å². The summed E-state index contributed by atoms with van der Waals surface area (Å²) in [7, 11) is -5.47. The summed E-state index contributed by atoms with van der Waals surface area (Å²) in [5.74, 6) is 0.0110. The van der Waals surface area contributed by atoms with E-state index in [1.807, 2.05) is 0 Å². The lowest BCUT2D eigenvalue weighted by Gasteiger charge is -2.32. The Balaban J connectivity index is 1.48. The fourth-order valence-electron chi connectivity index (χ4n) is 4.39. The predicted molar refractivity (Wildman–Crippen MR) is 123 cm³/mol. The van der Waals surface area contributed by atoms with Crippen molar-refractivity contribution in [2.75, 3.05) is 5.32 Å². The SMILES string of the molecule is CC(N[C@H]1CC[C@H](n2cc(C(N)=O)c(Nc3ccc(S(=O)(=O)C(F)(F)F)cc3)n2)C(=N)C1)C1CC1. The normalized spacial score (nSPS) is 22.1. The Hall–Kier alpha value is -2.93. The minimum atomic E-state index is -5.47. The van der Waals surface area contributed by atoms with E-state index in [-0.39, 0.29) is 29.2 Å². The second-order valence-corrected chi connectivity index (χ2v) is 11.1. The largest absolute Gasteiger partial charge is 0.501 e. The van der Waals surface area contributed by atoms with E-state index < -0.39 is 26.1 Å². The van der Waals surface area contributed by atoms with Crippen molar-refractivity contribution in [3.05, 3.63) is 36.0 Å². The van der Waals surface area contributed by atoms with Crippen molar-refractivity contribution >= 4 is 33.0 Å². The molecular weight excluding hydrogens is 485 g/mol. The van der Waals surface area contributed by atoms with Crippen molar-refractivity contribution in [2.24, 2.45) is 11.7 Å². The molecule has 0 aliphatic heterocycles. The van der Waals surface area contributed by atoms with Gasteiger partial charge in [0, 0.05) is 36.1 Å². The number of benzene rings is 1. The van der Waals surface area contributed by atoms with Crippen LogP contribution in [0.25, 0.3) is 0 Å². The van der Waals surface area contributed by atoms with Crippen LogP contribution in [0.3, 0.4) is 0 Å². The molecule has 0 saturated heterocycles. The number of halogens is 3. The quantitative estimate of drug-likeness (QED) is 0.426. The Kier molecular flexibility index (Phi) is 6.66. The zero-order valence-electron chi connectivity index (χ0n) is 19.0. The summed E-state index contributed by atoms with van der Waals surface area (Å²) in [6.45, 7) is 2.17. The fourth-order valence-corrected chi connectivity index (χ4v) is 5.15. The third-order valence-corrected chi connectivity index (χ3v) is 8.04. The molecule has 0 spiro atoms. The summed E-state index contributed by atoms with van der Waals surface area (Å²) >= 11 is 0. The van der Waals surface area contributed by atoms with E-state index in [9.17, 15) is 26.4 Å². The maximum atomic E-state index is 12.8. The van der Waals surface area contributed by atoms with Crippen LogP contribution >= 0.6 is 0 Å². The van der Waals surface area contributed by atoms with Gasteiger partial charge in [0.25, 0.3) is 15.7 Å². The summed E-state index contributed by atoms with van der Waals surface area (Å²) < 4.78 is 62.9. The molecule has 2 aliphatic carbocycles. The Morgan fingerprint density at radius 2 is 1.86 bits per heavy atom. The third kappa shape index (κ3) is 5.35. The van der Waals surface area contributed by atoms with E-state index in [4.69, 9.17) is 11.1 Å². The van der Waals surface area contributed by atoms with E-state index in [1.54, 1.807) is 0 Å². The van der Waals surface area contributed by atoms with Crippen molar-refractivity contribution in [1.29, 1.82) is 5.41 Å². The highest BCUT2D eigenvalue weighted by Gasteiger charge is 2.46. The predicted octanol–water partition coefficient (Wildman–Crippen LogP) is 3.52. The molecule has 9 nitrogen and oxygen atoms in total. The van der Waals surface area contributed by atoms with Crippen LogP contribution in [-0.2, 0) is 9.84 Å². The highest BCUT2D eigenvalue weighted by Crippen LogP contribution is 2.35. The fraction of sp³-hybridized carbons (Fsp3) is 0.500. The van der Waals surface area contributed by atoms with Crippen LogP contribution in [0.4, 0.5) is 24.7 Å². The lowest BCUT2D eigenvalue weighted by Crippen LogP contribution is -2.43. The number of sulfone groups is 1. The monoisotopic (exact) mass is 512 g/mol. The first kappa shape index (κ1) is 25.2. The van der Waals surface area contributed by atoms with Gasteiger partial charge in [-0.2, -0.15) is 18.3 Å². The van der Waals surface area contributed by atoms with Crippen molar-refractivity contribution in [3.8, 4) is 0 Å². The number of carbonyl (C=O) groups is 1. The molecule has 3 atom stereocenters. The Morgan fingerprint density at radius 3 is 2.40 bits per heavy atom. The van der Waals surface area contributed by atoms with E-state index in [0.717, 1.165) is 30.7 Å². The molecule has 0 radical (unpaired) electrons. The highest BCUT2D eigenvalue weighted by atomic mass is 32.2. The molecule has 35 heavy (non-hydrogen) atoms. The second-order valence-electron chi connectivity index (χ2n) is 9.15. The number of carbonyl (C=O) groups excluding carboxylic acids is 1. The Morgan fingerprint density at radius 1 is 1.20 bits per heavy atom. The van der Waals surface area contributed by atoms with Crippen molar-refractivity contribution in [2.45, 2.75) is 67.6 Å². The maximum absolute atomic E-state index is 12.8. The molecule has 5 N–H and O–H groups in total. The number of rotatable bonds is 8. The zero-order chi connectivity index (χ0) is 25.5. The van der Waals surface area contributed by atoms with Crippen LogP contribution in [0, 0.1) is 11.3 Å². The van der Waals surface area contributed by atoms with Gasteiger partial charge < -0.3 is 21.8 Å². The number of anilines is 2. The van der Waals surface area contributed by atoms with E-state index in [0.29, 0.717) is 30.5 Å². The van der Waals surface area contributed by atoms with E-state index in [1.165, 1.54) is 23.7 Å². The van der Waals surface area contributed by atoms with Gasteiger partial charge in [0.05, 0.1) is 10.9 Å². The van der Waals surface area contributed by atoms with Gasteiger partial charge in [-0.1, -0.05) is 0 Å². The topological polar surface area (TPSA) is 143 Å². The zero-order valence-corrected chi connectivity index (χ0v) is 19.8. The standard InChI is InChI=1S/C22H27F3N6O3S/c1-12(13-2-3-13)28-15-6-9-19(18(26)10-15)31-11-17(20(27)32)21(30-31)29-14-4-7-16(8-5-14)35(33,34)22(23,24)25/h4-5,7-8,11-13,15,19,26,28H,2-3,6,9-10H2,1H3,(H2,27,32)(H,29,30)/t12?,15-,19-/m0/s1. The number of alkyl halides is 3. The number of hydrogen-bond acceptors (Lipinski definition) is 7. The smallest absolute Gasteiger partial charge is 0.365 e. The van der Waals surface area contributed by atoms with Crippen LogP contribution < -0.4 is 16.4 Å². The Bertz CT molecular complexity index is 1220. The van der Waals surface area contributed by atoms with Gasteiger partial charge in [-0.05, 0) is 62.8 Å². The summed E-state index contributed by atoms with van der Waals surface area (Å²) in [6, 6.07) is 4.20. The minimum absolute atomic E-state index is 0.0485. The first-order chi connectivity index (χ1) is 16.4. The van der Waals surface area contributed by atoms with E-state index in [2.05, 4.69) is 22.7 Å². The van der Waals surface area contributed by atoms with Crippen molar-refractivity contribution < 1.29 is 26.4 Å². The number of nitrogens with two attached hydrogens (primary N) is 1. The minimum Gasteiger partial charge on any atom is -0.365 e. The lowest BCUT2D eigenvalue weighted by molar-refractivity contribution is -0.0436. The number of hydrogen-bond donors (Lipinski definition) is 4. The molecule has 2 aromatic rings. The molecule has 0 bridgehead atoms. The first-order valence-electron chi connectivity index (χ1n) is 11.3. The van der Waals surface area contributed by atoms with Gasteiger partial charge in [0.1, 0.15) is 5.56 Å². The van der Waals surface area contributed by atoms with Crippen LogP contribution in [-0.4, -0.2) is 47.4 Å². The number of primary amides is 1. The number of amides is 1. The Labute approximate surface area is 200 Å². The number of nitrogens with zero attached hydrogens (tertiary/aromatic N) is 2. The number of aromatic nitrogens is 2. The summed E-state index contributed by atoms with van der Waals surface area (Å²) in [4.78, 5) is 11.1. The van der Waals surface area contributed by atoms with Crippen molar-refractivity contribution in [1.82, 2.24) is 15.1 Å². The molecule has 2 saturated carbocycles. The van der Waals surface area contributed by atoms with Gasteiger partial charge in [-0.15, -0.1) is 0 Å². The molecule has 1 amide bonds. The molecule has 13 heteroatoms. The van der Waals surface area contributed by atoms with Gasteiger partial charge in [0.15, 0.2) is 5.82 Å². The van der Waals surface area contributed by atoms with Gasteiger partial charge >= 0.3 is 5.51 Å². The molecule has 1 heterocycles. The van der Waals surface area contributed by atoms with Gasteiger partial charge in [0.2, 0.25) is 0 Å². The molecule has 1 aromatic carbocycles. The van der Waals surface area contributed by atoms with Crippen LogP contribution in [0.5, 0.6) is 0 Å². The average molecular weight is 513 g/mol. The van der Waals surface area contributed by atoms with Gasteiger partial charge in [-0.3, -0.25) is 9.48 Å². The van der Waals surface area contributed by atoms with Gasteiger partial charge in [-0.25, -0.2) is 8.42 Å². The maximum Gasteiger partial charge on any atom is 0.501 e. The second kappa shape index (κ2) is 9.26. The molecule has 190 valence electrons. The molecule has 2 fully saturated rings. The molecule has 2 aliphatic rings. The van der Waals surface area contributed by atoms with Crippen LogP contribution in [0.1, 0.15) is 55.4 Å². The summed E-state index contributed by atoms with van der Waals surface area (Å²) in [5.41, 5.74) is 0.820. The van der Waals surface area contributed by atoms with Crippen LogP contribution in [0.2, 0.25) is 0 Å². The summed E-state index contributed by atoms with van der Waals surface area (Å²) in [6.07, 6.45) is 5.98. The molecule has 4 rings (SSSR count). The average Bonchev–Trinajstić information content (AvgIpc) is 3.54. The summed E-state index contributed by atoms with van der Waals surface area (Å²) in [5, 5.41) is 19.3. The highest BCUT2D eigenvalue weighted by molar-refractivity contribution is 7.92. The molecule has 1 unspecified atom stereocenters. The van der Waals surface area contributed by atoms with Crippen LogP contribution in [0.15, 0.2) is 35.4 Å². The third-order valence-electron chi connectivity index (χ3n) is 6.53. The lowest BCUT2D eigenvalue weighted by atomic mass is 9.89.